The first-order chi connectivity index (χ1) is 12.6. The normalized spacial score (nSPS) is 11.1. The number of aromatic carboxylic acids is 1. The summed E-state index contributed by atoms with van der Waals surface area (Å²) in [6, 6.07) is 9.66. The molecular formula is C17H12FN5O2S. The molecule has 9 heteroatoms. The van der Waals surface area contributed by atoms with E-state index in [1.165, 1.54) is 24.2 Å². The number of nitrogens with one attached hydrogen (secondary N) is 2. The van der Waals surface area contributed by atoms with Gasteiger partial charge in [-0.15, -0.1) is 0 Å². The van der Waals surface area contributed by atoms with Gasteiger partial charge in [0.15, 0.2) is 11.0 Å². The van der Waals surface area contributed by atoms with Gasteiger partial charge < -0.3 is 10.1 Å². The molecule has 2 aromatic heterocycles. The van der Waals surface area contributed by atoms with Crippen LogP contribution in [0.25, 0.3) is 22.4 Å². The summed E-state index contributed by atoms with van der Waals surface area (Å²) in [5.74, 6) is -0.415. The average Bonchev–Trinajstić information content (AvgIpc) is 3.28. The fourth-order valence-electron chi connectivity index (χ4n) is 2.49. The number of nitrogens with zero attached hydrogens (tertiary/aromatic N) is 3. The van der Waals surface area contributed by atoms with Crippen LogP contribution in [0.5, 0.6) is 0 Å². The van der Waals surface area contributed by atoms with E-state index in [-0.39, 0.29) is 5.56 Å². The SMILES string of the molecule is O=C(O)c1ccc(CSc2nc3cc(-c4ncn[nH]4)c(F)cc3[nH]2)cc1. The van der Waals surface area contributed by atoms with Gasteiger partial charge in [0.25, 0.3) is 0 Å². The van der Waals surface area contributed by atoms with Gasteiger partial charge in [0, 0.05) is 11.8 Å². The van der Waals surface area contributed by atoms with Crippen molar-refractivity contribution in [3.63, 3.8) is 0 Å². The fourth-order valence-corrected chi connectivity index (χ4v) is 3.33. The van der Waals surface area contributed by atoms with Crippen LogP contribution in [-0.4, -0.2) is 36.2 Å². The molecule has 0 aliphatic rings. The number of carbonyl (C=O) groups is 1. The molecule has 0 unspecified atom stereocenters. The molecular weight excluding hydrogens is 357 g/mol. The van der Waals surface area contributed by atoms with Crippen molar-refractivity contribution in [2.45, 2.75) is 10.9 Å². The van der Waals surface area contributed by atoms with Crippen LogP contribution in [0.4, 0.5) is 4.39 Å². The molecule has 0 fully saturated rings. The number of hydrogen-bond donors (Lipinski definition) is 3. The van der Waals surface area contributed by atoms with Crippen LogP contribution in [0.1, 0.15) is 15.9 Å². The number of hydrogen-bond acceptors (Lipinski definition) is 5. The maximum atomic E-state index is 14.3. The number of rotatable bonds is 5. The molecule has 4 aromatic rings. The molecule has 3 N–H and O–H groups in total. The van der Waals surface area contributed by atoms with Gasteiger partial charge in [-0.25, -0.2) is 19.2 Å². The predicted octanol–water partition coefficient (Wildman–Crippen LogP) is 3.48. The first-order valence-electron chi connectivity index (χ1n) is 7.60. The lowest BCUT2D eigenvalue weighted by atomic mass is 10.1. The van der Waals surface area contributed by atoms with Gasteiger partial charge in [-0.1, -0.05) is 23.9 Å². The molecule has 7 nitrogen and oxygen atoms in total. The Morgan fingerprint density at radius 1 is 1.23 bits per heavy atom. The second-order valence-corrected chi connectivity index (χ2v) is 6.48. The summed E-state index contributed by atoms with van der Waals surface area (Å²) in [6.45, 7) is 0. The maximum Gasteiger partial charge on any atom is 0.335 e. The Labute approximate surface area is 150 Å². The molecule has 2 aromatic carbocycles. The van der Waals surface area contributed by atoms with Gasteiger partial charge >= 0.3 is 5.97 Å². The van der Waals surface area contributed by atoms with Gasteiger partial charge in [-0.3, -0.25) is 5.10 Å². The molecule has 0 saturated heterocycles. The molecule has 0 saturated carbocycles. The highest BCUT2D eigenvalue weighted by Crippen LogP contribution is 2.27. The highest BCUT2D eigenvalue weighted by atomic mass is 32.2. The smallest absolute Gasteiger partial charge is 0.335 e. The molecule has 4 rings (SSSR count). The number of carboxylic acids is 1. The fraction of sp³-hybridized carbons (Fsp3) is 0.0588. The van der Waals surface area contributed by atoms with Crippen LogP contribution in [0.3, 0.4) is 0 Å². The Kier molecular flexibility index (Phi) is 4.13. The van der Waals surface area contributed by atoms with E-state index in [0.717, 1.165) is 5.56 Å². The summed E-state index contributed by atoms with van der Waals surface area (Å²) < 4.78 is 14.3. The quantitative estimate of drug-likeness (QED) is 0.465. The van der Waals surface area contributed by atoms with Crippen LogP contribution in [0.2, 0.25) is 0 Å². The van der Waals surface area contributed by atoms with Crippen molar-refractivity contribution in [1.29, 1.82) is 0 Å². The molecule has 0 amide bonds. The molecule has 0 atom stereocenters. The van der Waals surface area contributed by atoms with Crippen LogP contribution < -0.4 is 0 Å². The molecule has 0 bridgehead atoms. The molecule has 26 heavy (non-hydrogen) atoms. The molecule has 2 heterocycles. The molecule has 0 aliphatic carbocycles. The molecule has 0 radical (unpaired) electrons. The Morgan fingerprint density at radius 2 is 2.04 bits per heavy atom. The second kappa shape index (κ2) is 6.60. The number of aromatic nitrogens is 5. The third-order valence-corrected chi connectivity index (χ3v) is 4.74. The third kappa shape index (κ3) is 3.16. The van der Waals surface area contributed by atoms with Crippen molar-refractivity contribution in [2.24, 2.45) is 0 Å². The van der Waals surface area contributed by atoms with Crippen LogP contribution in [0.15, 0.2) is 47.9 Å². The highest BCUT2D eigenvalue weighted by molar-refractivity contribution is 7.98. The van der Waals surface area contributed by atoms with Crippen molar-refractivity contribution in [3.05, 3.63) is 59.7 Å². The van der Waals surface area contributed by atoms with Gasteiger partial charge in [0.1, 0.15) is 12.1 Å². The van der Waals surface area contributed by atoms with Crippen molar-refractivity contribution in [2.75, 3.05) is 0 Å². The number of benzene rings is 2. The zero-order valence-electron chi connectivity index (χ0n) is 13.2. The van der Waals surface area contributed by atoms with E-state index >= 15 is 0 Å². The summed E-state index contributed by atoms with van der Waals surface area (Å²) in [6.07, 6.45) is 1.32. The molecule has 0 spiro atoms. The number of aromatic amines is 2. The lowest BCUT2D eigenvalue weighted by Crippen LogP contribution is -1.95. The molecule has 130 valence electrons. The van der Waals surface area contributed by atoms with E-state index in [9.17, 15) is 9.18 Å². The highest BCUT2D eigenvalue weighted by Gasteiger charge is 2.13. The van der Waals surface area contributed by atoms with E-state index in [1.807, 2.05) is 0 Å². The van der Waals surface area contributed by atoms with Crippen molar-refractivity contribution in [3.8, 4) is 11.4 Å². The summed E-state index contributed by atoms with van der Waals surface area (Å²) in [7, 11) is 0. The topological polar surface area (TPSA) is 108 Å². The third-order valence-electron chi connectivity index (χ3n) is 3.80. The lowest BCUT2D eigenvalue weighted by Gasteiger charge is -2.00. The minimum Gasteiger partial charge on any atom is -0.478 e. The number of halogens is 1. The minimum absolute atomic E-state index is 0.248. The van der Waals surface area contributed by atoms with Gasteiger partial charge in [-0.05, 0) is 23.8 Å². The average molecular weight is 369 g/mol. The molecule has 0 aliphatic heterocycles. The summed E-state index contributed by atoms with van der Waals surface area (Å²) in [5, 5.41) is 15.9. The van der Waals surface area contributed by atoms with E-state index in [0.29, 0.717) is 33.3 Å². The van der Waals surface area contributed by atoms with Gasteiger partial charge in [-0.2, -0.15) is 5.10 Å². The number of H-pyrrole nitrogens is 2. The zero-order chi connectivity index (χ0) is 18.1. The van der Waals surface area contributed by atoms with Crippen molar-refractivity contribution in [1.82, 2.24) is 25.1 Å². The Bertz CT molecular complexity index is 1080. The summed E-state index contributed by atoms with van der Waals surface area (Å²) in [4.78, 5) is 22.4. The first kappa shape index (κ1) is 16.3. The van der Waals surface area contributed by atoms with Crippen LogP contribution in [-0.2, 0) is 5.75 Å². The Hall–Kier alpha value is -3.20. The first-order valence-corrected chi connectivity index (χ1v) is 8.59. The lowest BCUT2D eigenvalue weighted by molar-refractivity contribution is 0.0697. The van der Waals surface area contributed by atoms with Crippen molar-refractivity contribution >= 4 is 28.8 Å². The predicted molar refractivity (Wildman–Crippen MR) is 94.4 cm³/mol. The summed E-state index contributed by atoms with van der Waals surface area (Å²) >= 11 is 1.45. The van der Waals surface area contributed by atoms with E-state index in [1.54, 1.807) is 30.3 Å². The second-order valence-electron chi connectivity index (χ2n) is 5.52. The van der Waals surface area contributed by atoms with Gasteiger partial charge in [0.05, 0.1) is 22.2 Å². The zero-order valence-corrected chi connectivity index (χ0v) is 14.0. The van der Waals surface area contributed by atoms with E-state index in [2.05, 4.69) is 25.1 Å². The van der Waals surface area contributed by atoms with E-state index in [4.69, 9.17) is 5.11 Å². The number of imidazole rings is 1. The largest absolute Gasteiger partial charge is 0.478 e. The van der Waals surface area contributed by atoms with Crippen molar-refractivity contribution < 1.29 is 14.3 Å². The number of carboxylic acid groups (broad SMARTS) is 1. The van der Waals surface area contributed by atoms with Crippen LogP contribution in [0, 0.1) is 5.82 Å². The number of fused-ring (bicyclic) bond motifs is 1. The Morgan fingerprint density at radius 3 is 2.73 bits per heavy atom. The number of thioether (sulfide) groups is 1. The van der Waals surface area contributed by atoms with Crippen LogP contribution >= 0.6 is 11.8 Å². The van der Waals surface area contributed by atoms with E-state index < -0.39 is 11.8 Å². The summed E-state index contributed by atoms with van der Waals surface area (Å²) in [5.41, 5.74) is 2.74. The maximum absolute atomic E-state index is 14.3. The van der Waals surface area contributed by atoms with Gasteiger partial charge in [0.2, 0.25) is 0 Å². The minimum atomic E-state index is -0.953. The Balaban J connectivity index is 1.55. The standard InChI is InChI=1S/C17H12FN5O2S/c18-12-6-14-13(5-11(12)15-19-8-20-23-15)21-17(22-14)26-7-9-1-3-10(4-2-9)16(24)25/h1-6,8H,7H2,(H,21,22)(H,24,25)(H,19,20,23). The monoisotopic (exact) mass is 369 g/mol.